The second-order valence-corrected chi connectivity index (χ2v) is 6.15. The highest BCUT2D eigenvalue weighted by atomic mass is 32.1. The van der Waals surface area contributed by atoms with Gasteiger partial charge < -0.3 is 9.47 Å². The molecule has 1 atom stereocenters. The standard InChI is InChI=1S/C15H26N4OS/c1-3-5-6-9-13(20)18-10-7-8-12(11-18)14-16-17-15(21)19(14)4-2/h12H,3-11H2,1-2H3,(H,17,21). The van der Waals surface area contributed by atoms with E-state index in [1.165, 1.54) is 0 Å². The number of hydrogen-bond acceptors (Lipinski definition) is 3. The number of carbonyl (C=O) groups is 1. The first kappa shape index (κ1) is 16.2. The summed E-state index contributed by atoms with van der Waals surface area (Å²) in [6.07, 6.45) is 6.11. The molecule has 0 aromatic carbocycles. The quantitative estimate of drug-likeness (QED) is 0.648. The fourth-order valence-corrected chi connectivity index (χ4v) is 3.31. The molecule has 1 aliphatic heterocycles. The Bertz CT molecular complexity index is 522. The lowest BCUT2D eigenvalue weighted by Crippen LogP contribution is -2.39. The molecule has 1 N–H and O–H groups in total. The van der Waals surface area contributed by atoms with Gasteiger partial charge in [0.05, 0.1) is 0 Å². The predicted octanol–water partition coefficient (Wildman–Crippen LogP) is 3.25. The maximum Gasteiger partial charge on any atom is 0.222 e. The van der Waals surface area contributed by atoms with Crippen LogP contribution in [0.25, 0.3) is 0 Å². The molecule has 1 unspecified atom stereocenters. The van der Waals surface area contributed by atoms with Gasteiger partial charge in [-0.05, 0) is 38.4 Å². The Kier molecular flexibility index (Phi) is 5.96. The summed E-state index contributed by atoms with van der Waals surface area (Å²) in [6.45, 7) is 6.73. The number of aromatic amines is 1. The van der Waals surface area contributed by atoms with Crippen molar-refractivity contribution in [3.63, 3.8) is 0 Å². The molecule has 1 aromatic rings. The van der Waals surface area contributed by atoms with Crippen molar-refractivity contribution in [2.24, 2.45) is 0 Å². The Morgan fingerprint density at radius 3 is 2.95 bits per heavy atom. The first-order chi connectivity index (χ1) is 10.2. The molecule has 0 saturated carbocycles. The van der Waals surface area contributed by atoms with E-state index >= 15 is 0 Å². The monoisotopic (exact) mass is 310 g/mol. The first-order valence-corrected chi connectivity index (χ1v) is 8.51. The Labute approximate surface area is 131 Å². The van der Waals surface area contributed by atoms with Gasteiger partial charge in [-0.3, -0.25) is 9.89 Å². The van der Waals surface area contributed by atoms with Crippen LogP contribution < -0.4 is 0 Å². The summed E-state index contributed by atoms with van der Waals surface area (Å²) >= 11 is 5.26. The molecule has 0 bridgehead atoms. The van der Waals surface area contributed by atoms with Crippen molar-refractivity contribution >= 4 is 18.1 Å². The molecule has 2 rings (SSSR count). The van der Waals surface area contributed by atoms with E-state index in [9.17, 15) is 4.79 Å². The zero-order chi connectivity index (χ0) is 15.2. The smallest absolute Gasteiger partial charge is 0.222 e. The molecule has 118 valence electrons. The normalized spacial score (nSPS) is 19.0. The number of nitrogens with one attached hydrogen (secondary N) is 1. The molecule has 2 heterocycles. The molecule has 0 radical (unpaired) electrons. The minimum Gasteiger partial charge on any atom is -0.342 e. The van der Waals surface area contributed by atoms with Crippen LogP contribution in [0.4, 0.5) is 0 Å². The van der Waals surface area contributed by atoms with Crippen molar-refractivity contribution in [2.75, 3.05) is 13.1 Å². The predicted molar refractivity (Wildman–Crippen MR) is 85.8 cm³/mol. The average Bonchev–Trinajstić information content (AvgIpc) is 2.88. The Hall–Kier alpha value is -1.17. The van der Waals surface area contributed by atoms with Crippen molar-refractivity contribution in [3.8, 4) is 0 Å². The fourth-order valence-electron chi connectivity index (χ4n) is 3.05. The van der Waals surface area contributed by atoms with E-state index in [1.54, 1.807) is 0 Å². The number of amides is 1. The molecule has 5 nitrogen and oxygen atoms in total. The third-order valence-electron chi connectivity index (χ3n) is 4.24. The van der Waals surface area contributed by atoms with Crippen LogP contribution >= 0.6 is 12.2 Å². The second kappa shape index (κ2) is 7.73. The van der Waals surface area contributed by atoms with Crippen LogP contribution in [0.15, 0.2) is 0 Å². The molecule has 1 saturated heterocycles. The number of rotatable bonds is 6. The molecule has 1 fully saturated rings. The van der Waals surface area contributed by atoms with E-state index in [0.717, 1.165) is 57.6 Å². The first-order valence-electron chi connectivity index (χ1n) is 8.10. The number of hydrogen-bond donors (Lipinski definition) is 1. The molecule has 1 aromatic heterocycles. The second-order valence-electron chi connectivity index (χ2n) is 5.77. The topological polar surface area (TPSA) is 53.9 Å². The number of H-pyrrole nitrogens is 1. The van der Waals surface area contributed by atoms with Crippen LogP contribution in [0.1, 0.15) is 64.1 Å². The summed E-state index contributed by atoms with van der Waals surface area (Å²) in [7, 11) is 0. The van der Waals surface area contributed by atoms with Gasteiger partial charge in [-0.25, -0.2) is 0 Å². The third kappa shape index (κ3) is 3.93. The molecular weight excluding hydrogens is 284 g/mol. The van der Waals surface area contributed by atoms with Gasteiger partial charge in [-0.15, -0.1) is 0 Å². The largest absolute Gasteiger partial charge is 0.342 e. The zero-order valence-electron chi connectivity index (χ0n) is 13.1. The highest BCUT2D eigenvalue weighted by Crippen LogP contribution is 2.26. The summed E-state index contributed by atoms with van der Waals surface area (Å²) < 4.78 is 2.73. The van der Waals surface area contributed by atoms with Gasteiger partial charge in [0, 0.05) is 32.0 Å². The van der Waals surface area contributed by atoms with Crippen LogP contribution in [0, 0.1) is 4.77 Å². The molecule has 6 heteroatoms. The Balaban J connectivity index is 2.00. The van der Waals surface area contributed by atoms with E-state index in [2.05, 4.69) is 24.0 Å². The Morgan fingerprint density at radius 1 is 1.43 bits per heavy atom. The van der Waals surface area contributed by atoms with Gasteiger partial charge >= 0.3 is 0 Å². The lowest BCUT2D eigenvalue weighted by atomic mass is 9.96. The molecule has 1 amide bonds. The maximum absolute atomic E-state index is 12.3. The molecule has 0 aliphatic carbocycles. The third-order valence-corrected chi connectivity index (χ3v) is 4.55. The van der Waals surface area contributed by atoms with Crippen molar-refractivity contribution in [1.29, 1.82) is 0 Å². The number of likely N-dealkylation sites (tertiary alicyclic amines) is 1. The Morgan fingerprint density at radius 2 is 2.24 bits per heavy atom. The molecule has 1 aliphatic rings. The number of piperidine rings is 1. The fraction of sp³-hybridized carbons (Fsp3) is 0.800. The molecular formula is C15H26N4OS. The summed E-state index contributed by atoms with van der Waals surface area (Å²) in [4.78, 5) is 14.3. The SMILES string of the molecule is CCCCCC(=O)N1CCCC(c2n[nH]c(=S)n2CC)C1. The number of nitrogens with zero attached hydrogens (tertiary/aromatic N) is 3. The van der Waals surface area contributed by atoms with E-state index in [1.807, 2.05) is 9.47 Å². The van der Waals surface area contributed by atoms with Crippen molar-refractivity contribution < 1.29 is 4.79 Å². The summed E-state index contributed by atoms with van der Waals surface area (Å²) in [6, 6.07) is 0. The van der Waals surface area contributed by atoms with Crippen molar-refractivity contribution in [2.45, 2.75) is 64.8 Å². The van der Waals surface area contributed by atoms with E-state index in [4.69, 9.17) is 12.2 Å². The van der Waals surface area contributed by atoms with Crippen molar-refractivity contribution in [1.82, 2.24) is 19.7 Å². The van der Waals surface area contributed by atoms with Crippen LogP contribution in [-0.4, -0.2) is 38.7 Å². The lowest BCUT2D eigenvalue weighted by Gasteiger charge is -2.32. The highest BCUT2D eigenvalue weighted by Gasteiger charge is 2.27. The van der Waals surface area contributed by atoms with Gasteiger partial charge in [0.1, 0.15) is 5.82 Å². The average molecular weight is 310 g/mol. The molecule has 21 heavy (non-hydrogen) atoms. The summed E-state index contributed by atoms with van der Waals surface area (Å²) in [5.41, 5.74) is 0. The van der Waals surface area contributed by atoms with Crippen LogP contribution in [-0.2, 0) is 11.3 Å². The molecule has 0 spiro atoms. The van der Waals surface area contributed by atoms with E-state index < -0.39 is 0 Å². The van der Waals surface area contributed by atoms with Crippen LogP contribution in [0.2, 0.25) is 0 Å². The lowest BCUT2D eigenvalue weighted by molar-refractivity contribution is -0.132. The van der Waals surface area contributed by atoms with Gasteiger partial charge in [0.25, 0.3) is 0 Å². The van der Waals surface area contributed by atoms with Gasteiger partial charge in [0.2, 0.25) is 5.91 Å². The highest BCUT2D eigenvalue weighted by molar-refractivity contribution is 7.71. The van der Waals surface area contributed by atoms with Crippen molar-refractivity contribution in [3.05, 3.63) is 10.6 Å². The minimum absolute atomic E-state index is 0.297. The van der Waals surface area contributed by atoms with Gasteiger partial charge in [0.15, 0.2) is 4.77 Å². The number of unbranched alkanes of at least 4 members (excludes halogenated alkanes) is 2. The minimum atomic E-state index is 0.297. The van der Waals surface area contributed by atoms with E-state index in [0.29, 0.717) is 23.0 Å². The van der Waals surface area contributed by atoms with Gasteiger partial charge in [-0.1, -0.05) is 19.8 Å². The number of carbonyl (C=O) groups excluding carboxylic acids is 1. The van der Waals surface area contributed by atoms with Crippen LogP contribution in [0.5, 0.6) is 0 Å². The maximum atomic E-state index is 12.3. The summed E-state index contributed by atoms with van der Waals surface area (Å²) in [5.74, 6) is 1.61. The zero-order valence-corrected chi connectivity index (χ0v) is 13.9. The van der Waals surface area contributed by atoms with Gasteiger partial charge in [-0.2, -0.15) is 5.10 Å². The van der Waals surface area contributed by atoms with E-state index in [-0.39, 0.29) is 0 Å². The summed E-state index contributed by atoms with van der Waals surface area (Å²) in [5, 5.41) is 7.27. The number of aromatic nitrogens is 3. The van der Waals surface area contributed by atoms with Crippen LogP contribution in [0.3, 0.4) is 0 Å².